The molecule has 7 heteroatoms. The van der Waals surface area contributed by atoms with Crippen LogP contribution in [0.3, 0.4) is 0 Å². The number of hydrogen-bond acceptors (Lipinski definition) is 5. The lowest BCUT2D eigenvalue weighted by atomic mass is 10.2. The van der Waals surface area contributed by atoms with Crippen molar-refractivity contribution in [3.63, 3.8) is 0 Å². The Hall–Kier alpha value is -4.00. The third-order valence-corrected chi connectivity index (χ3v) is 4.62. The Balaban J connectivity index is 1.28. The van der Waals surface area contributed by atoms with E-state index >= 15 is 0 Å². The standard InChI is InChI=1S/C24H22N2O5/c27-23(25-14-18-15-29-21-12-6-7-13-22(21)31-18)16-30-20-11-5-4-10-19(20)24(28)26-17-8-2-1-3-9-17/h1-13,18H,14-16H2,(H,25,27)(H,26,28)/t18-/m0/s1. The number of nitrogens with one attached hydrogen (secondary N) is 2. The lowest BCUT2D eigenvalue weighted by molar-refractivity contribution is -0.123. The van der Waals surface area contributed by atoms with Crippen LogP contribution in [0.5, 0.6) is 17.2 Å². The maximum Gasteiger partial charge on any atom is 0.259 e. The summed E-state index contributed by atoms with van der Waals surface area (Å²) < 4.78 is 17.1. The number of hydrogen-bond donors (Lipinski definition) is 2. The van der Waals surface area contributed by atoms with E-state index in [1.54, 1.807) is 36.4 Å². The van der Waals surface area contributed by atoms with E-state index in [4.69, 9.17) is 14.2 Å². The quantitative estimate of drug-likeness (QED) is 0.615. The highest BCUT2D eigenvalue weighted by Gasteiger charge is 2.21. The van der Waals surface area contributed by atoms with Gasteiger partial charge in [0.25, 0.3) is 11.8 Å². The van der Waals surface area contributed by atoms with Crippen LogP contribution in [-0.2, 0) is 4.79 Å². The largest absolute Gasteiger partial charge is 0.486 e. The fourth-order valence-corrected chi connectivity index (χ4v) is 3.09. The molecule has 0 aromatic heterocycles. The number of carbonyl (C=O) groups is 2. The van der Waals surface area contributed by atoms with Gasteiger partial charge in [0.2, 0.25) is 0 Å². The van der Waals surface area contributed by atoms with Crippen LogP contribution < -0.4 is 24.8 Å². The van der Waals surface area contributed by atoms with Crippen molar-refractivity contribution in [3.8, 4) is 17.2 Å². The van der Waals surface area contributed by atoms with Gasteiger partial charge >= 0.3 is 0 Å². The molecule has 2 N–H and O–H groups in total. The molecule has 0 saturated carbocycles. The van der Waals surface area contributed by atoms with Crippen LogP contribution in [0, 0.1) is 0 Å². The Bertz CT molecular complexity index is 1050. The molecule has 0 fully saturated rings. The second-order valence-corrected chi connectivity index (χ2v) is 6.91. The van der Waals surface area contributed by atoms with Gasteiger partial charge in [-0.2, -0.15) is 0 Å². The van der Waals surface area contributed by atoms with Gasteiger partial charge in [-0.3, -0.25) is 9.59 Å². The van der Waals surface area contributed by atoms with Gasteiger partial charge in [0, 0.05) is 5.69 Å². The molecule has 4 rings (SSSR count). The molecular weight excluding hydrogens is 396 g/mol. The number of para-hydroxylation sites is 4. The van der Waals surface area contributed by atoms with E-state index in [9.17, 15) is 9.59 Å². The summed E-state index contributed by atoms with van der Waals surface area (Å²) in [4.78, 5) is 24.8. The summed E-state index contributed by atoms with van der Waals surface area (Å²) in [5.41, 5.74) is 1.02. The predicted molar refractivity (Wildman–Crippen MR) is 116 cm³/mol. The molecule has 0 radical (unpaired) electrons. The molecule has 0 spiro atoms. The van der Waals surface area contributed by atoms with Gasteiger partial charge in [-0.25, -0.2) is 0 Å². The smallest absolute Gasteiger partial charge is 0.259 e. The minimum atomic E-state index is -0.319. The highest BCUT2D eigenvalue weighted by atomic mass is 16.6. The summed E-state index contributed by atoms with van der Waals surface area (Å²) in [6.45, 7) is 0.410. The molecular formula is C24H22N2O5. The van der Waals surface area contributed by atoms with Crippen LogP contribution in [0.25, 0.3) is 0 Å². The summed E-state index contributed by atoms with van der Waals surface area (Å²) in [5.74, 6) is 1.05. The Morgan fingerprint density at radius 1 is 0.903 bits per heavy atom. The molecule has 0 aliphatic carbocycles. The van der Waals surface area contributed by atoms with Crippen molar-refractivity contribution in [2.45, 2.75) is 6.10 Å². The molecule has 0 saturated heterocycles. The first-order valence-electron chi connectivity index (χ1n) is 9.92. The van der Waals surface area contributed by atoms with E-state index in [0.717, 1.165) is 0 Å². The maximum atomic E-state index is 12.6. The normalized spacial score (nSPS) is 14.4. The van der Waals surface area contributed by atoms with E-state index in [1.165, 1.54) is 0 Å². The average molecular weight is 418 g/mol. The minimum Gasteiger partial charge on any atom is -0.486 e. The first-order chi connectivity index (χ1) is 15.2. The van der Waals surface area contributed by atoms with E-state index in [2.05, 4.69) is 10.6 Å². The second-order valence-electron chi connectivity index (χ2n) is 6.91. The molecule has 3 aromatic rings. The summed E-state index contributed by atoms with van der Waals surface area (Å²) in [6.07, 6.45) is -0.289. The van der Waals surface area contributed by atoms with Crippen LogP contribution in [0.1, 0.15) is 10.4 Å². The highest BCUT2D eigenvalue weighted by molar-refractivity contribution is 6.06. The molecule has 2 amide bonds. The van der Waals surface area contributed by atoms with Crippen LogP contribution in [0.2, 0.25) is 0 Å². The fraction of sp³-hybridized carbons (Fsp3) is 0.167. The number of rotatable bonds is 7. The zero-order valence-electron chi connectivity index (χ0n) is 16.7. The van der Waals surface area contributed by atoms with Crippen molar-refractivity contribution in [1.82, 2.24) is 5.32 Å². The van der Waals surface area contributed by atoms with Crippen LogP contribution in [0.15, 0.2) is 78.9 Å². The zero-order valence-corrected chi connectivity index (χ0v) is 16.7. The predicted octanol–water partition coefficient (Wildman–Crippen LogP) is 3.27. The van der Waals surface area contributed by atoms with E-state index in [0.29, 0.717) is 35.1 Å². The number of fused-ring (bicyclic) bond motifs is 1. The molecule has 158 valence electrons. The third kappa shape index (κ3) is 5.33. The van der Waals surface area contributed by atoms with Gasteiger partial charge in [-0.15, -0.1) is 0 Å². The molecule has 3 aromatic carbocycles. The maximum absolute atomic E-state index is 12.6. The van der Waals surface area contributed by atoms with Crippen LogP contribution >= 0.6 is 0 Å². The Morgan fingerprint density at radius 2 is 1.61 bits per heavy atom. The number of carbonyl (C=O) groups excluding carboxylic acids is 2. The molecule has 0 bridgehead atoms. The second kappa shape index (κ2) is 9.67. The Morgan fingerprint density at radius 3 is 2.45 bits per heavy atom. The van der Waals surface area contributed by atoms with E-state index in [-0.39, 0.29) is 31.1 Å². The summed E-state index contributed by atoms with van der Waals surface area (Å²) in [5, 5.41) is 5.59. The highest BCUT2D eigenvalue weighted by Crippen LogP contribution is 2.30. The average Bonchev–Trinajstić information content (AvgIpc) is 2.82. The topological polar surface area (TPSA) is 85.9 Å². The van der Waals surface area contributed by atoms with Gasteiger partial charge in [-0.1, -0.05) is 42.5 Å². The molecule has 31 heavy (non-hydrogen) atoms. The molecule has 0 unspecified atom stereocenters. The van der Waals surface area contributed by atoms with Crippen molar-refractivity contribution >= 4 is 17.5 Å². The van der Waals surface area contributed by atoms with E-state index in [1.807, 2.05) is 42.5 Å². The SMILES string of the molecule is O=C(COc1ccccc1C(=O)Nc1ccccc1)NC[C@H]1COc2ccccc2O1. The fourth-order valence-electron chi connectivity index (χ4n) is 3.09. The summed E-state index contributed by atoms with van der Waals surface area (Å²) in [7, 11) is 0. The zero-order chi connectivity index (χ0) is 21.5. The van der Waals surface area contributed by atoms with Crippen molar-refractivity contribution in [2.24, 2.45) is 0 Å². The molecule has 1 atom stereocenters. The van der Waals surface area contributed by atoms with Crippen molar-refractivity contribution in [3.05, 3.63) is 84.4 Å². The lowest BCUT2D eigenvalue weighted by Crippen LogP contribution is -2.42. The van der Waals surface area contributed by atoms with Gasteiger partial charge in [0.05, 0.1) is 12.1 Å². The molecule has 1 aliphatic heterocycles. The van der Waals surface area contributed by atoms with Crippen molar-refractivity contribution < 1.29 is 23.8 Å². The minimum absolute atomic E-state index is 0.222. The summed E-state index contributed by atoms with van der Waals surface area (Å²) >= 11 is 0. The Kier molecular flexibility index (Phi) is 6.32. The Labute approximate surface area is 179 Å². The summed E-state index contributed by atoms with van der Waals surface area (Å²) in [6, 6.07) is 23.3. The van der Waals surface area contributed by atoms with Crippen LogP contribution in [-0.4, -0.2) is 37.7 Å². The molecule has 1 heterocycles. The number of amides is 2. The van der Waals surface area contributed by atoms with Crippen LogP contribution in [0.4, 0.5) is 5.69 Å². The lowest BCUT2D eigenvalue weighted by Gasteiger charge is -2.26. The third-order valence-electron chi connectivity index (χ3n) is 4.62. The van der Waals surface area contributed by atoms with Gasteiger partial charge < -0.3 is 24.8 Å². The molecule has 1 aliphatic rings. The number of ether oxygens (including phenoxy) is 3. The molecule has 7 nitrogen and oxygen atoms in total. The van der Waals surface area contributed by atoms with Gasteiger partial charge in [-0.05, 0) is 36.4 Å². The van der Waals surface area contributed by atoms with Gasteiger partial charge in [0.1, 0.15) is 18.5 Å². The first-order valence-corrected chi connectivity index (χ1v) is 9.92. The number of anilines is 1. The van der Waals surface area contributed by atoms with Crippen molar-refractivity contribution in [2.75, 3.05) is 25.1 Å². The van der Waals surface area contributed by atoms with E-state index < -0.39 is 0 Å². The number of benzene rings is 3. The first kappa shape index (κ1) is 20.3. The van der Waals surface area contributed by atoms with Crippen molar-refractivity contribution in [1.29, 1.82) is 0 Å². The monoisotopic (exact) mass is 418 g/mol. The van der Waals surface area contributed by atoms with Gasteiger partial charge in [0.15, 0.2) is 18.1 Å².